The van der Waals surface area contributed by atoms with Gasteiger partial charge in [-0.25, -0.2) is 0 Å². The van der Waals surface area contributed by atoms with Crippen molar-refractivity contribution >= 4 is 35.0 Å². The van der Waals surface area contributed by atoms with Gasteiger partial charge in [-0.1, -0.05) is 35.3 Å². The van der Waals surface area contributed by atoms with Gasteiger partial charge < -0.3 is 15.8 Å². The van der Waals surface area contributed by atoms with Gasteiger partial charge in [0.05, 0.1) is 22.6 Å². The number of ether oxygens (including phenoxy) is 1. The second-order valence-corrected chi connectivity index (χ2v) is 5.71. The van der Waals surface area contributed by atoms with Gasteiger partial charge in [-0.2, -0.15) is 0 Å². The maximum absolute atomic E-state index is 11.9. The fourth-order valence-corrected chi connectivity index (χ4v) is 2.60. The van der Waals surface area contributed by atoms with Gasteiger partial charge >= 0.3 is 0 Å². The Morgan fingerprint density at radius 2 is 2.10 bits per heavy atom. The lowest BCUT2D eigenvalue weighted by Crippen LogP contribution is -2.35. The minimum absolute atomic E-state index is 0.144. The van der Waals surface area contributed by atoms with Gasteiger partial charge in [-0.15, -0.1) is 0 Å². The van der Waals surface area contributed by atoms with Gasteiger partial charge in [0, 0.05) is 6.54 Å². The molecule has 5 nitrogen and oxygen atoms in total. The Bertz CT molecular complexity index is 551. The molecular formula is C14H16Cl2N2O3. The van der Waals surface area contributed by atoms with Crippen molar-refractivity contribution in [2.24, 2.45) is 5.73 Å². The van der Waals surface area contributed by atoms with Crippen LogP contribution in [0, 0.1) is 0 Å². The first kappa shape index (κ1) is 16.1. The molecule has 2 amide bonds. The van der Waals surface area contributed by atoms with Crippen molar-refractivity contribution < 1.29 is 14.3 Å². The van der Waals surface area contributed by atoms with Crippen molar-refractivity contribution in [3.8, 4) is 0 Å². The Kier molecular flexibility index (Phi) is 5.45. The highest BCUT2D eigenvalue weighted by Gasteiger charge is 2.29. The number of benzene rings is 1. The summed E-state index contributed by atoms with van der Waals surface area (Å²) in [6, 6.07) is 5.17. The van der Waals surface area contributed by atoms with Crippen molar-refractivity contribution in [1.29, 1.82) is 0 Å². The molecule has 0 bridgehead atoms. The van der Waals surface area contributed by atoms with Crippen LogP contribution in [0.2, 0.25) is 10.0 Å². The second-order valence-electron chi connectivity index (χ2n) is 4.92. The molecule has 3 N–H and O–H groups in total. The molecule has 7 heteroatoms. The van der Waals surface area contributed by atoms with Crippen molar-refractivity contribution in [2.75, 3.05) is 6.54 Å². The maximum Gasteiger partial charge on any atom is 0.246 e. The first-order valence-electron chi connectivity index (χ1n) is 6.61. The zero-order valence-corrected chi connectivity index (χ0v) is 12.8. The molecular weight excluding hydrogens is 315 g/mol. The third-order valence-electron chi connectivity index (χ3n) is 3.33. The van der Waals surface area contributed by atoms with Gasteiger partial charge in [-0.05, 0) is 24.5 Å². The highest BCUT2D eigenvalue weighted by atomic mass is 35.5. The van der Waals surface area contributed by atoms with Crippen molar-refractivity contribution in [1.82, 2.24) is 5.32 Å². The molecule has 1 fully saturated rings. The summed E-state index contributed by atoms with van der Waals surface area (Å²) in [5.41, 5.74) is 5.84. The summed E-state index contributed by atoms with van der Waals surface area (Å²) in [6.45, 7) is 0.348. The van der Waals surface area contributed by atoms with E-state index in [1.54, 1.807) is 18.2 Å². The molecule has 0 unspecified atom stereocenters. The van der Waals surface area contributed by atoms with Gasteiger partial charge in [0.15, 0.2) is 0 Å². The first-order chi connectivity index (χ1) is 9.97. The summed E-state index contributed by atoms with van der Waals surface area (Å²) in [7, 11) is 0. The molecule has 1 aliphatic heterocycles. The van der Waals surface area contributed by atoms with Crippen LogP contribution < -0.4 is 11.1 Å². The molecule has 0 aliphatic carbocycles. The summed E-state index contributed by atoms with van der Waals surface area (Å²) in [5.74, 6) is -0.639. The fraction of sp³-hybridized carbons (Fsp3) is 0.429. The molecule has 2 atom stereocenters. The average molecular weight is 331 g/mol. The third kappa shape index (κ3) is 4.33. The molecule has 1 aliphatic rings. The minimum atomic E-state index is -0.547. The van der Waals surface area contributed by atoms with Crippen LogP contribution in [0.5, 0.6) is 0 Å². The Balaban J connectivity index is 1.80. The highest BCUT2D eigenvalue weighted by molar-refractivity contribution is 6.42. The van der Waals surface area contributed by atoms with Crippen LogP contribution in [0.15, 0.2) is 18.2 Å². The van der Waals surface area contributed by atoms with E-state index < -0.39 is 12.0 Å². The molecule has 1 saturated heterocycles. The van der Waals surface area contributed by atoms with E-state index in [2.05, 4.69) is 5.32 Å². The van der Waals surface area contributed by atoms with E-state index in [-0.39, 0.29) is 18.4 Å². The van der Waals surface area contributed by atoms with E-state index in [1.807, 2.05) is 0 Å². The third-order valence-corrected chi connectivity index (χ3v) is 4.19. The topological polar surface area (TPSA) is 81.4 Å². The molecule has 0 aromatic heterocycles. The Labute approximate surface area is 132 Å². The number of carbonyl (C=O) groups excluding carboxylic acids is 2. The Morgan fingerprint density at radius 1 is 1.33 bits per heavy atom. The molecule has 114 valence electrons. The van der Waals surface area contributed by atoms with E-state index >= 15 is 0 Å². The Hall–Kier alpha value is -1.30. The van der Waals surface area contributed by atoms with Crippen LogP contribution >= 0.6 is 23.2 Å². The molecule has 21 heavy (non-hydrogen) atoms. The number of halogens is 2. The number of primary amides is 1. The van der Waals surface area contributed by atoms with E-state index in [0.717, 1.165) is 0 Å². The average Bonchev–Trinajstić information content (AvgIpc) is 2.91. The number of rotatable bonds is 5. The van der Waals surface area contributed by atoms with Gasteiger partial charge in [0.25, 0.3) is 0 Å². The lowest BCUT2D eigenvalue weighted by molar-refractivity contribution is -0.128. The summed E-state index contributed by atoms with van der Waals surface area (Å²) in [6.07, 6.45) is 0.711. The quantitative estimate of drug-likeness (QED) is 0.861. The SMILES string of the molecule is NC(=O)[C@H]1CC[C@@H](CNC(=O)Cc2cccc(Cl)c2Cl)O1. The highest BCUT2D eigenvalue weighted by Crippen LogP contribution is 2.25. The number of nitrogens with two attached hydrogens (primary N) is 1. The van der Waals surface area contributed by atoms with E-state index in [9.17, 15) is 9.59 Å². The number of nitrogens with one attached hydrogen (secondary N) is 1. The standard InChI is InChI=1S/C14H16Cl2N2O3/c15-10-3-1-2-8(13(10)16)6-12(19)18-7-9-4-5-11(21-9)14(17)20/h1-3,9,11H,4-7H2,(H2,17,20)(H,18,19)/t9-,11+/m0/s1. The summed E-state index contributed by atoms with van der Waals surface area (Å²) in [4.78, 5) is 22.9. The van der Waals surface area contributed by atoms with Crippen LogP contribution in [0.3, 0.4) is 0 Å². The smallest absolute Gasteiger partial charge is 0.246 e. The van der Waals surface area contributed by atoms with Crippen LogP contribution in [-0.4, -0.2) is 30.6 Å². The molecule has 0 radical (unpaired) electrons. The van der Waals surface area contributed by atoms with Crippen molar-refractivity contribution in [3.05, 3.63) is 33.8 Å². The Morgan fingerprint density at radius 3 is 2.76 bits per heavy atom. The summed E-state index contributed by atoms with van der Waals surface area (Å²) in [5, 5.41) is 3.57. The van der Waals surface area contributed by atoms with Crippen LogP contribution in [0.4, 0.5) is 0 Å². The molecule has 1 aromatic carbocycles. The van der Waals surface area contributed by atoms with Crippen LogP contribution in [-0.2, 0) is 20.7 Å². The molecule has 0 spiro atoms. The van der Waals surface area contributed by atoms with Gasteiger partial charge in [-0.3, -0.25) is 9.59 Å². The monoisotopic (exact) mass is 330 g/mol. The second kappa shape index (κ2) is 7.11. The lowest BCUT2D eigenvalue weighted by Gasteiger charge is -2.13. The first-order valence-corrected chi connectivity index (χ1v) is 7.37. The van der Waals surface area contributed by atoms with E-state index in [1.165, 1.54) is 0 Å². The maximum atomic E-state index is 11.9. The lowest BCUT2D eigenvalue weighted by atomic mass is 10.1. The van der Waals surface area contributed by atoms with E-state index in [0.29, 0.717) is 35.0 Å². The molecule has 1 aromatic rings. The fourth-order valence-electron chi connectivity index (χ4n) is 2.21. The van der Waals surface area contributed by atoms with Crippen LogP contribution in [0.1, 0.15) is 18.4 Å². The number of hydrogen-bond acceptors (Lipinski definition) is 3. The molecule has 0 saturated carbocycles. The number of carbonyl (C=O) groups is 2. The summed E-state index contributed by atoms with van der Waals surface area (Å²) >= 11 is 11.9. The minimum Gasteiger partial charge on any atom is -0.367 e. The normalized spacial score (nSPS) is 21.2. The predicted octanol–water partition coefficient (Wildman–Crippen LogP) is 1.69. The zero-order chi connectivity index (χ0) is 15.4. The predicted molar refractivity (Wildman–Crippen MR) is 80.3 cm³/mol. The van der Waals surface area contributed by atoms with Crippen molar-refractivity contribution in [2.45, 2.75) is 31.5 Å². The van der Waals surface area contributed by atoms with Crippen molar-refractivity contribution in [3.63, 3.8) is 0 Å². The molecule has 1 heterocycles. The zero-order valence-electron chi connectivity index (χ0n) is 11.3. The largest absolute Gasteiger partial charge is 0.367 e. The molecule has 2 rings (SSSR count). The van der Waals surface area contributed by atoms with E-state index in [4.69, 9.17) is 33.7 Å². The number of amides is 2. The van der Waals surface area contributed by atoms with Gasteiger partial charge in [0.1, 0.15) is 6.10 Å². The van der Waals surface area contributed by atoms with Gasteiger partial charge in [0.2, 0.25) is 11.8 Å². The summed E-state index contributed by atoms with van der Waals surface area (Å²) < 4.78 is 5.43. The number of hydrogen-bond donors (Lipinski definition) is 2. The van der Waals surface area contributed by atoms with Crippen LogP contribution in [0.25, 0.3) is 0 Å².